The molecule has 3 nitrogen and oxygen atoms in total. The maximum absolute atomic E-state index is 10.4. The van der Waals surface area contributed by atoms with E-state index in [4.69, 9.17) is 4.74 Å². The van der Waals surface area contributed by atoms with Crippen LogP contribution in [0, 0.1) is 6.92 Å². The Morgan fingerprint density at radius 1 is 1.28 bits per heavy atom. The highest BCUT2D eigenvalue weighted by Gasteiger charge is 2.18. The van der Waals surface area contributed by atoms with Gasteiger partial charge in [0.05, 0.1) is 13.2 Å². The lowest BCUT2D eigenvalue weighted by Crippen LogP contribution is -2.33. The molecule has 0 spiro atoms. The highest BCUT2D eigenvalue weighted by atomic mass is 16.5. The number of nitrogens with zero attached hydrogens (tertiary/aromatic N) is 1. The fourth-order valence-electron chi connectivity index (χ4n) is 2.60. The first-order valence-electron chi connectivity index (χ1n) is 6.75. The molecule has 3 heteroatoms. The van der Waals surface area contributed by atoms with Crippen LogP contribution in [0.15, 0.2) is 18.2 Å². The van der Waals surface area contributed by atoms with Gasteiger partial charge in [-0.15, -0.1) is 0 Å². The number of aryl methyl sites for hydroxylation is 1. The van der Waals surface area contributed by atoms with Crippen LogP contribution in [0.4, 0.5) is 0 Å². The minimum Gasteiger partial charge on any atom is -0.496 e. The lowest BCUT2D eigenvalue weighted by molar-refractivity contribution is 0.0994. The minimum atomic E-state index is -0.460. The second kappa shape index (κ2) is 6.21. The van der Waals surface area contributed by atoms with E-state index in [0.717, 1.165) is 30.0 Å². The van der Waals surface area contributed by atoms with Crippen LogP contribution in [-0.4, -0.2) is 36.8 Å². The summed E-state index contributed by atoms with van der Waals surface area (Å²) in [5.41, 5.74) is 2.06. The van der Waals surface area contributed by atoms with Gasteiger partial charge in [0.1, 0.15) is 5.75 Å². The molecule has 0 saturated carbocycles. The van der Waals surface area contributed by atoms with E-state index in [-0.39, 0.29) is 0 Å². The fourth-order valence-corrected chi connectivity index (χ4v) is 2.60. The van der Waals surface area contributed by atoms with Gasteiger partial charge in [0.25, 0.3) is 0 Å². The quantitative estimate of drug-likeness (QED) is 0.890. The van der Waals surface area contributed by atoms with Crippen molar-refractivity contribution >= 4 is 0 Å². The topological polar surface area (TPSA) is 32.7 Å². The first-order valence-corrected chi connectivity index (χ1v) is 6.75. The summed E-state index contributed by atoms with van der Waals surface area (Å²) in [6, 6.07) is 5.97. The molecule has 1 fully saturated rings. The molecule has 1 unspecified atom stereocenters. The molecule has 1 saturated heterocycles. The summed E-state index contributed by atoms with van der Waals surface area (Å²) in [4.78, 5) is 2.34. The van der Waals surface area contributed by atoms with E-state index in [2.05, 4.69) is 4.90 Å². The van der Waals surface area contributed by atoms with Crippen LogP contribution in [0.25, 0.3) is 0 Å². The van der Waals surface area contributed by atoms with Gasteiger partial charge in [0, 0.05) is 12.1 Å². The van der Waals surface area contributed by atoms with Gasteiger partial charge in [-0.05, 0) is 45.0 Å². The van der Waals surface area contributed by atoms with Crippen LogP contribution < -0.4 is 4.74 Å². The average molecular weight is 249 g/mol. The second-order valence-corrected chi connectivity index (χ2v) is 5.12. The maximum Gasteiger partial charge on any atom is 0.124 e. The molecule has 1 N–H and O–H groups in total. The molecule has 2 rings (SSSR count). The average Bonchev–Trinajstić information content (AvgIpc) is 2.40. The predicted molar refractivity (Wildman–Crippen MR) is 73.0 cm³/mol. The van der Waals surface area contributed by atoms with Crippen molar-refractivity contribution in [3.8, 4) is 5.75 Å². The molecule has 1 aliphatic heterocycles. The predicted octanol–water partition coefficient (Wildman–Crippen LogP) is 2.52. The molecule has 1 atom stereocenters. The van der Waals surface area contributed by atoms with E-state index in [0.29, 0.717) is 6.54 Å². The molecule has 1 aliphatic rings. The molecule has 0 bridgehead atoms. The Hall–Kier alpha value is -1.06. The number of aliphatic hydroxyl groups excluding tert-OH is 1. The molecule has 0 aromatic heterocycles. The molecule has 100 valence electrons. The van der Waals surface area contributed by atoms with E-state index in [1.165, 1.54) is 19.3 Å². The van der Waals surface area contributed by atoms with Gasteiger partial charge in [-0.3, -0.25) is 0 Å². The zero-order chi connectivity index (χ0) is 13.0. The van der Waals surface area contributed by atoms with E-state index in [1.807, 2.05) is 25.1 Å². The second-order valence-electron chi connectivity index (χ2n) is 5.12. The number of rotatable bonds is 4. The molecule has 18 heavy (non-hydrogen) atoms. The largest absolute Gasteiger partial charge is 0.496 e. The van der Waals surface area contributed by atoms with Crippen molar-refractivity contribution in [2.24, 2.45) is 0 Å². The number of piperidine rings is 1. The summed E-state index contributed by atoms with van der Waals surface area (Å²) in [5.74, 6) is 0.783. The highest BCUT2D eigenvalue weighted by molar-refractivity contribution is 5.38. The lowest BCUT2D eigenvalue weighted by atomic mass is 10.0. The summed E-state index contributed by atoms with van der Waals surface area (Å²) >= 11 is 0. The Balaban J connectivity index is 2.07. The van der Waals surface area contributed by atoms with Crippen molar-refractivity contribution in [2.45, 2.75) is 32.3 Å². The summed E-state index contributed by atoms with van der Waals surface area (Å²) in [5, 5.41) is 10.4. The van der Waals surface area contributed by atoms with Crippen molar-refractivity contribution in [3.05, 3.63) is 29.3 Å². The van der Waals surface area contributed by atoms with Crippen molar-refractivity contribution in [2.75, 3.05) is 26.7 Å². The number of aliphatic hydroxyl groups is 1. The number of benzene rings is 1. The Bertz CT molecular complexity index is 386. The van der Waals surface area contributed by atoms with Crippen LogP contribution in [0.5, 0.6) is 5.75 Å². The van der Waals surface area contributed by atoms with Crippen LogP contribution in [-0.2, 0) is 0 Å². The third kappa shape index (κ3) is 3.24. The smallest absolute Gasteiger partial charge is 0.124 e. The first-order chi connectivity index (χ1) is 8.70. The van der Waals surface area contributed by atoms with Gasteiger partial charge < -0.3 is 14.7 Å². The normalized spacial score (nSPS) is 18.6. The zero-order valence-electron chi connectivity index (χ0n) is 11.4. The van der Waals surface area contributed by atoms with Gasteiger partial charge in [-0.25, -0.2) is 0 Å². The maximum atomic E-state index is 10.4. The zero-order valence-corrected chi connectivity index (χ0v) is 11.4. The van der Waals surface area contributed by atoms with Gasteiger partial charge in [0.2, 0.25) is 0 Å². The van der Waals surface area contributed by atoms with Gasteiger partial charge in [-0.2, -0.15) is 0 Å². The summed E-state index contributed by atoms with van der Waals surface area (Å²) in [7, 11) is 1.65. The van der Waals surface area contributed by atoms with E-state index in [1.54, 1.807) is 7.11 Å². The first kappa shape index (κ1) is 13.4. The molecular formula is C15H23NO2. The van der Waals surface area contributed by atoms with Crippen LogP contribution in [0.1, 0.15) is 36.5 Å². The number of methoxy groups -OCH3 is 1. The summed E-state index contributed by atoms with van der Waals surface area (Å²) in [6.45, 7) is 4.95. The van der Waals surface area contributed by atoms with Gasteiger partial charge in [-0.1, -0.05) is 18.1 Å². The van der Waals surface area contributed by atoms with Gasteiger partial charge in [0.15, 0.2) is 0 Å². The van der Waals surface area contributed by atoms with Crippen LogP contribution >= 0.6 is 0 Å². The number of hydrogen-bond donors (Lipinski definition) is 1. The minimum absolute atomic E-state index is 0.460. The van der Waals surface area contributed by atoms with Crippen LogP contribution in [0.3, 0.4) is 0 Å². The lowest BCUT2D eigenvalue weighted by Gasteiger charge is -2.29. The van der Waals surface area contributed by atoms with E-state index >= 15 is 0 Å². The fraction of sp³-hybridized carbons (Fsp3) is 0.600. The van der Waals surface area contributed by atoms with Crippen molar-refractivity contribution in [1.29, 1.82) is 0 Å². The molecule has 1 aromatic rings. The van der Waals surface area contributed by atoms with Crippen LogP contribution in [0.2, 0.25) is 0 Å². The summed E-state index contributed by atoms with van der Waals surface area (Å²) in [6.07, 6.45) is 3.35. The number of likely N-dealkylation sites (tertiary alicyclic amines) is 1. The van der Waals surface area contributed by atoms with Crippen molar-refractivity contribution in [3.63, 3.8) is 0 Å². The third-order valence-corrected chi connectivity index (χ3v) is 3.62. The number of hydrogen-bond acceptors (Lipinski definition) is 3. The number of ether oxygens (including phenoxy) is 1. The van der Waals surface area contributed by atoms with Crippen molar-refractivity contribution in [1.82, 2.24) is 4.90 Å². The Kier molecular flexibility index (Phi) is 4.61. The molecule has 0 aliphatic carbocycles. The molecule has 0 amide bonds. The Morgan fingerprint density at radius 2 is 2.00 bits per heavy atom. The highest BCUT2D eigenvalue weighted by Crippen LogP contribution is 2.27. The molecule has 1 heterocycles. The Morgan fingerprint density at radius 3 is 2.67 bits per heavy atom. The SMILES string of the molecule is COc1ccc(C)cc1C(O)CN1CCCCC1. The summed E-state index contributed by atoms with van der Waals surface area (Å²) < 4.78 is 5.33. The van der Waals surface area contributed by atoms with E-state index in [9.17, 15) is 5.11 Å². The molecule has 1 aromatic carbocycles. The monoisotopic (exact) mass is 249 g/mol. The standard InChI is InChI=1S/C15H23NO2/c1-12-6-7-15(18-2)13(10-12)14(17)11-16-8-4-3-5-9-16/h6-7,10,14,17H,3-5,8-9,11H2,1-2H3. The molecular weight excluding hydrogens is 226 g/mol. The third-order valence-electron chi connectivity index (χ3n) is 3.62. The Labute approximate surface area is 109 Å². The van der Waals surface area contributed by atoms with Gasteiger partial charge >= 0.3 is 0 Å². The van der Waals surface area contributed by atoms with E-state index < -0.39 is 6.10 Å². The molecule has 0 radical (unpaired) electrons. The number of β-amino-alcohol motifs (C(OH)–C–C–N with tert-alkyl or cyclic N) is 1. The van der Waals surface area contributed by atoms with Crippen molar-refractivity contribution < 1.29 is 9.84 Å².